The molecule has 0 N–H and O–H groups in total. The predicted molar refractivity (Wildman–Crippen MR) is 82.2 cm³/mol. The second kappa shape index (κ2) is 5.11. The van der Waals surface area contributed by atoms with Gasteiger partial charge in [0.05, 0.1) is 15.3 Å². The molecule has 0 bridgehead atoms. The van der Waals surface area contributed by atoms with Crippen molar-refractivity contribution in [3.8, 4) is 6.07 Å². The van der Waals surface area contributed by atoms with Crippen LogP contribution in [0.25, 0.3) is 0 Å². The van der Waals surface area contributed by atoms with Crippen LogP contribution >= 0.6 is 27.3 Å². The van der Waals surface area contributed by atoms with Crippen molar-refractivity contribution in [2.75, 3.05) is 0 Å². The van der Waals surface area contributed by atoms with Crippen LogP contribution in [-0.2, 0) is 19.3 Å². The predicted octanol–water partition coefficient (Wildman–Crippen LogP) is 4.75. The molecule has 1 aliphatic carbocycles. The standard InChI is InChI=1S/C16H14BrNS/c17-15-6-5-14(19-15)10-16(11-18)8-7-12-3-1-2-4-13(12)9-16/h1-6H,7-10H2. The van der Waals surface area contributed by atoms with Crippen molar-refractivity contribution in [2.45, 2.75) is 25.7 Å². The zero-order chi connectivity index (χ0) is 13.3. The van der Waals surface area contributed by atoms with E-state index in [4.69, 9.17) is 0 Å². The third kappa shape index (κ3) is 2.61. The third-order valence-corrected chi connectivity index (χ3v) is 5.52. The van der Waals surface area contributed by atoms with Gasteiger partial charge in [0, 0.05) is 11.3 Å². The van der Waals surface area contributed by atoms with Gasteiger partial charge in [-0.25, -0.2) is 0 Å². The van der Waals surface area contributed by atoms with Crippen molar-refractivity contribution < 1.29 is 0 Å². The van der Waals surface area contributed by atoms with Gasteiger partial charge in [-0.2, -0.15) is 5.26 Å². The van der Waals surface area contributed by atoms with Gasteiger partial charge >= 0.3 is 0 Å². The Morgan fingerprint density at radius 3 is 2.68 bits per heavy atom. The van der Waals surface area contributed by atoms with Crippen LogP contribution in [0.5, 0.6) is 0 Å². The SMILES string of the molecule is N#CC1(Cc2ccc(Br)s2)CCc2ccccc2C1. The molecule has 96 valence electrons. The summed E-state index contributed by atoms with van der Waals surface area (Å²) in [4.78, 5) is 1.30. The molecular weight excluding hydrogens is 318 g/mol. The first-order valence-electron chi connectivity index (χ1n) is 6.43. The summed E-state index contributed by atoms with van der Waals surface area (Å²) in [7, 11) is 0. The second-order valence-electron chi connectivity index (χ2n) is 5.22. The molecule has 1 aliphatic rings. The fourth-order valence-electron chi connectivity index (χ4n) is 2.87. The molecule has 1 unspecified atom stereocenters. The van der Waals surface area contributed by atoms with E-state index >= 15 is 0 Å². The topological polar surface area (TPSA) is 23.8 Å². The van der Waals surface area contributed by atoms with Gasteiger partial charge in [0.25, 0.3) is 0 Å². The Morgan fingerprint density at radius 1 is 1.21 bits per heavy atom. The van der Waals surface area contributed by atoms with Crippen LogP contribution in [0.3, 0.4) is 0 Å². The molecule has 3 rings (SSSR count). The first-order valence-corrected chi connectivity index (χ1v) is 8.04. The molecule has 1 atom stereocenters. The summed E-state index contributed by atoms with van der Waals surface area (Å²) in [6, 6.07) is 15.3. The minimum Gasteiger partial charge on any atom is -0.198 e. The molecule has 1 aromatic carbocycles. The highest BCUT2D eigenvalue weighted by Gasteiger charge is 2.35. The summed E-state index contributed by atoms with van der Waals surface area (Å²) >= 11 is 5.24. The monoisotopic (exact) mass is 331 g/mol. The summed E-state index contributed by atoms with van der Waals surface area (Å²) < 4.78 is 1.15. The highest BCUT2D eigenvalue weighted by atomic mass is 79.9. The van der Waals surface area contributed by atoms with Crippen LogP contribution in [0.1, 0.15) is 22.4 Å². The molecule has 1 aromatic heterocycles. The first-order chi connectivity index (χ1) is 9.21. The quantitative estimate of drug-likeness (QED) is 0.778. The highest BCUT2D eigenvalue weighted by molar-refractivity contribution is 9.11. The lowest BCUT2D eigenvalue weighted by molar-refractivity contribution is 0.342. The molecule has 0 amide bonds. The van der Waals surface area contributed by atoms with Crippen LogP contribution in [0.15, 0.2) is 40.2 Å². The molecule has 0 fully saturated rings. The summed E-state index contributed by atoms with van der Waals surface area (Å²) in [6.45, 7) is 0. The molecule has 1 nitrogen and oxygen atoms in total. The molecule has 0 radical (unpaired) electrons. The number of thiophene rings is 1. The smallest absolute Gasteiger partial charge is 0.0701 e. The van der Waals surface area contributed by atoms with Gasteiger partial charge in [-0.15, -0.1) is 11.3 Å². The van der Waals surface area contributed by atoms with Gasteiger partial charge in [-0.05, 0) is 58.5 Å². The van der Waals surface area contributed by atoms with E-state index in [1.54, 1.807) is 11.3 Å². The molecule has 0 aliphatic heterocycles. The van der Waals surface area contributed by atoms with Crippen molar-refractivity contribution in [3.05, 3.63) is 56.2 Å². The molecule has 0 saturated heterocycles. The van der Waals surface area contributed by atoms with E-state index in [-0.39, 0.29) is 5.41 Å². The van der Waals surface area contributed by atoms with Crippen LogP contribution in [0, 0.1) is 16.7 Å². The number of benzene rings is 1. The number of hydrogen-bond donors (Lipinski definition) is 0. The number of hydrogen-bond acceptors (Lipinski definition) is 2. The van der Waals surface area contributed by atoms with Gasteiger partial charge in [-0.1, -0.05) is 24.3 Å². The van der Waals surface area contributed by atoms with E-state index in [1.165, 1.54) is 16.0 Å². The average Bonchev–Trinajstić information content (AvgIpc) is 2.84. The lowest BCUT2D eigenvalue weighted by Gasteiger charge is -2.32. The number of aryl methyl sites for hydroxylation is 1. The van der Waals surface area contributed by atoms with Crippen LogP contribution in [0.4, 0.5) is 0 Å². The molecule has 0 saturated carbocycles. The van der Waals surface area contributed by atoms with Crippen molar-refractivity contribution in [1.29, 1.82) is 5.26 Å². The fourth-order valence-corrected chi connectivity index (χ4v) is 4.49. The maximum absolute atomic E-state index is 9.68. The van der Waals surface area contributed by atoms with E-state index in [9.17, 15) is 5.26 Å². The lowest BCUT2D eigenvalue weighted by atomic mass is 9.70. The van der Waals surface area contributed by atoms with Gasteiger partial charge < -0.3 is 0 Å². The van der Waals surface area contributed by atoms with Gasteiger partial charge in [-0.3, -0.25) is 0 Å². The number of halogens is 1. The van der Waals surface area contributed by atoms with Gasteiger partial charge in [0.1, 0.15) is 0 Å². The Balaban J connectivity index is 1.88. The normalized spacial score (nSPS) is 21.7. The number of nitriles is 1. The zero-order valence-corrected chi connectivity index (χ0v) is 12.9. The van der Waals surface area contributed by atoms with Crippen molar-refractivity contribution in [3.63, 3.8) is 0 Å². The Labute approximate surface area is 126 Å². The molecule has 3 heteroatoms. The Morgan fingerprint density at radius 2 is 2.00 bits per heavy atom. The summed E-state index contributed by atoms with van der Waals surface area (Å²) in [5.41, 5.74) is 2.55. The molecule has 2 aromatic rings. The summed E-state index contributed by atoms with van der Waals surface area (Å²) in [5.74, 6) is 0. The lowest BCUT2D eigenvalue weighted by Crippen LogP contribution is -2.29. The Bertz CT molecular complexity index is 640. The van der Waals surface area contributed by atoms with Gasteiger partial charge in [0.2, 0.25) is 0 Å². The van der Waals surface area contributed by atoms with Crippen LogP contribution < -0.4 is 0 Å². The maximum atomic E-state index is 9.68. The molecule has 0 spiro atoms. The second-order valence-corrected chi connectivity index (χ2v) is 7.77. The van der Waals surface area contributed by atoms with Gasteiger partial charge in [0.15, 0.2) is 0 Å². The first kappa shape index (κ1) is 12.9. The average molecular weight is 332 g/mol. The van der Waals surface area contributed by atoms with Crippen LogP contribution in [-0.4, -0.2) is 0 Å². The van der Waals surface area contributed by atoms with E-state index in [2.05, 4.69) is 58.4 Å². The number of fused-ring (bicyclic) bond motifs is 1. The fraction of sp³-hybridized carbons (Fsp3) is 0.312. The number of rotatable bonds is 2. The van der Waals surface area contributed by atoms with Crippen molar-refractivity contribution in [2.24, 2.45) is 5.41 Å². The minimum atomic E-state index is -0.224. The zero-order valence-electron chi connectivity index (χ0n) is 10.5. The largest absolute Gasteiger partial charge is 0.198 e. The maximum Gasteiger partial charge on any atom is 0.0701 e. The van der Waals surface area contributed by atoms with E-state index < -0.39 is 0 Å². The minimum absolute atomic E-state index is 0.224. The van der Waals surface area contributed by atoms with Crippen molar-refractivity contribution >= 4 is 27.3 Å². The third-order valence-electron chi connectivity index (χ3n) is 3.90. The Kier molecular flexibility index (Phi) is 3.47. The van der Waals surface area contributed by atoms with E-state index in [0.29, 0.717) is 0 Å². The molecule has 19 heavy (non-hydrogen) atoms. The number of nitrogens with zero attached hydrogens (tertiary/aromatic N) is 1. The van der Waals surface area contributed by atoms with Crippen LogP contribution in [0.2, 0.25) is 0 Å². The molecular formula is C16H14BrNS. The van der Waals surface area contributed by atoms with E-state index in [1.807, 2.05) is 0 Å². The Hall–Kier alpha value is -1.11. The van der Waals surface area contributed by atoms with Crippen molar-refractivity contribution in [1.82, 2.24) is 0 Å². The summed E-state index contributed by atoms with van der Waals surface area (Å²) in [6.07, 6.45) is 3.75. The van der Waals surface area contributed by atoms with E-state index in [0.717, 1.165) is 29.5 Å². The highest BCUT2D eigenvalue weighted by Crippen LogP contribution is 2.39. The molecule has 1 heterocycles. The summed E-state index contributed by atoms with van der Waals surface area (Å²) in [5, 5.41) is 9.68.